The Hall–Kier alpha value is -2.39. The second-order valence-electron chi connectivity index (χ2n) is 4.77. The molecular weight excluding hydrogens is 274 g/mol. The minimum Gasteiger partial charge on any atom is -0.288 e. The molecule has 2 amide bonds. The number of hydrogen-bond donors (Lipinski definition) is 1. The van der Waals surface area contributed by atoms with Gasteiger partial charge in [0.15, 0.2) is 0 Å². The smallest absolute Gasteiger partial charge is 0.259 e. The van der Waals surface area contributed by atoms with Crippen molar-refractivity contribution in [1.82, 2.24) is 5.32 Å². The lowest BCUT2D eigenvalue weighted by atomic mass is 9.93. The molecule has 96 valence electrons. The second-order valence-corrected chi connectivity index (χ2v) is 5.21. The molecule has 1 N–H and O–H groups in total. The number of fused-ring (bicyclic) bond motifs is 6. The Morgan fingerprint density at radius 1 is 0.750 bits per heavy atom. The molecule has 0 bridgehead atoms. The molecular formula is C16H8ClNO2. The summed E-state index contributed by atoms with van der Waals surface area (Å²) in [4.78, 5) is 24.1. The molecule has 0 radical (unpaired) electrons. The first-order valence-electron chi connectivity index (χ1n) is 6.16. The average molecular weight is 282 g/mol. The van der Waals surface area contributed by atoms with Crippen LogP contribution < -0.4 is 5.32 Å². The van der Waals surface area contributed by atoms with Gasteiger partial charge in [0.25, 0.3) is 11.8 Å². The number of imide groups is 1. The summed E-state index contributed by atoms with van der Waals surface area (Å²) in [5, 5.41) is 6.29. The predicted molar refractivity (Wildman–Crippen MR) is 78.3 cm³/mol. The van der Waals surface area contributed by atoms with Crippen molar-refractivity contribution in [3.8, 4) is 0 Å². The monoisotopic (exact) mass is 281 g/mol. The molecule has 4 rings (SSSR count). The highest BCUT2D eigenvalue weighted by Crippen LogP contribution is 2.36. The molecule has 3 aromatic carbocycles. The highest BCUT2D eigenvalue weighted by Gasteiger charge is 2.31. The van der Waals surface area contributed by atoms with E-state index in [4.69, 9.17) is 11.6 Å². The van der Waals surface area contributed by atoms with Crippen LogP contribution in [0.15, 0.2) is 42.5 Å². The van der Waals surface area contributed by atoms with Gasteiger partial charge in [0, 0.05) is 5.02 Å². The van der Waals surface area contributed by atoms with Crippen molar-refractivity contribution >= 4 is 45.0 Å². The molecule has 0 saturated heterocycles. The molecule has 3 aromatic rings. The maximum atomic E-state index is 12.1. The van der Waals surface area contributed by atoms with E-state index < -0.39 is 0 Å². The molecule has 1 heterocycles. The number of hydrogen-bond acceptors (Lipinski definition) is 2. The predicted octanol–water partition coefficient (Wildman–Crippen LogP) is 3.53. The first kappa shape index (κ1) is 11.4. The number of carbonyl (C=O) groups excluding carboxylic acids is 2. The van der Waals surface area contributed by atoms with Crippen molar-refractivity contribution in [3.63, 3.8) is 0 Å². The minimum absolute atomic E-state index is 0.344. The van der Waals surface area contributed by atoms with Crippen LogP contribution in [-0.2, 0) is 0 Å². The van der Waals surface area contributed by atoms with E-state index in [0.29, 0.717) is 16.1 Å². The van der Waals surface area contributed by atoms with Crippen LogP contribution in [0.4, 0.5) is 0 Å². The van der Waals surface area contributed by atoms with E-state index in [2.05, 4.69) is 5.32 Å². The average Bonchev–Trinajstić information content (AvgIpc) is 2.74. The van der Waals surface area contributed by atoms with E-state index in [9.17, 15) is 9.59 Å². The Morgan fingerprint density at radius 3 is 2.10 bits per heavy atom. The first-order valence-corrected chi connectivity index (χ1v) is 6.54. The Morgan fingerprint density at radius 2 is 1.35 bits per heavy atom. The summed E-state index contributed by atoms with van der Waals surface area (Å²) in [6.45, 7) is 0. The van der Waals surface area contributed by atoms with Crippen LogP contribution in [0.5, 0.6) is 0 Å². The van der Waals surface area contributed by atoms with Crippen LogP contribution in [-0.4, -0.2) is 11.8 Å². The van der Waals surface area contributed by atoms with E-state index in [0.717, 1.165) is 21.5 Å². The molecule has 1 aliphatic rings. The molecule has 0 saturated carbocycles. The Labute approximate surface area is 119 Å². The molecule has 0 aliphatic carbocycles. The third-order valence-corrected chi connectivity index (χ3v) is 3.90. The summed E-state index contributed by atoms with van der Waals surface area (Å²) in [6, 6.07) is 13.0. The van der Waals surface area contributed by atoms with Gasteiger partial charge >= 0.3 is 0 Å². The van der Waals surface area contributed by atoms with E-state index in [1.165, 1.54) is 0 Å². The fraction of sp³-hybridized carbons (Fsp3) is 0. The van der Waals surface area contributed by atoms with Crippen molar-refractivity contribution < 1.29 is 9.59 Å². The zero-order valence-corrected chi connectivity index (χ0v) is 11.0. The van der Waals surface area contributed by atoms with Crippen LogP contribution >= 0.6 is 11.6 Å². The SMILES string of the molecule is O=C1NC(=O)c2c1c1ccccc1c1ccc(Cl)cc21. The summed E-state index contributed by atoms with van der Waals surface area (Å²) in [5.41, 5.74) is 0.867. The number of benzene rings is 3. The number of carbonyl (C=O) groups is 2. The van der Waals surface area contributed by atoms with E-state index in [1.807, 2.05) is 30.3 Å². The highest BCUT2D eigenvalue weighted by atomic mass is 35.5. The van der Waals surface area contributed by atoms with E-state index in [-0.39, 0.29) is 11.8 Å². The molecule has 0 atom stereocenters. The molecule has 0 unspecified atom stereocenters. The number of halogens is 1. The molecule has 3 nitrogen and oxygen atoms in total. The summed E-state index contributed by atoms with van der Waals surface area (Å²) >= 11 is 6.04. The molecule has 1 aliphatic heterocycles. The molecule has 0 spiro atoms. The minimum atomic E-state index is -0.358. The maximum absolute atomic E-state index is 12.1. The summed E-state index contributed by atoms with van der Waals surface area (Å²) in [7, 11) is 0. The van der Waals surface area contributed by atoms with Crippen LogP contribution in [0.25, 0.3) is 21.5 Å². The Balaban J connectivity index is 2.37. The van der Waals surface area contributed by atoms with Gasteiger partial charge in [-0.25, -0.2) is 0 Å². The first-order chi connectivity index (χ1) is 9.66. The van der Waals surface area contributed by atoms with Gasteiger partial charge in [-0.3, -0.25) is 14.9 Å². The third kappa shape index (κ3) is 1.35. The fourth-order valence-corrected chi connectivity index (χ4v) is 3.04. The summed E-state index contributed by atoms with van der Waals surface area (Å²) < 4.78 is 0. The van der Waals surface area contributed by atoms with Gasteiger partial charge in [-0.15, -0.1) is 0 Å². The maximum Gasteiger partial charge on any atom is 0.259 e. The lowest BCUT2D eigenvalue weighted by Gasteiger charge is -2.09. The van der Waals surface area contributed by atoms with Crippen molar-refractivity contribution in [2.24, 2.45) is 0 Å². The highest BCUT2D eigenvalue weighted by molar-refractivity contribution is 6.36. The zero-order valence-electron chi connectivity index (χ0n) is 10.2. The number of rotatable bonds is 0. The lowest BCUT2D eigenvalue weighted by Crippen LogP contribution is -2.20. The van der Waals surface area contributed by atoms with Crippen molar-refractivity contribution in [2.45, 2.75) is 0 Å². The van der Waals surface area contributed by atoms with Crippen molar-refractivity contribution in [2.75, 3.05) is 0 Å². The van der Waals surface area contributed by atoms with Crippen LogP contribution in [0.1, 0.15) is 20.7 Å². The topological polar surface area (TPSA) is 46.2 Å². The Kier molecular flexibility index (Phi) is 2.18. The largest absolute Gasteiger partial charge is 0.288 e. The van der Waals surface area contributed by atoms with Gasteiger partial charge in [-0.1, -0.05) is 41.9 Å². The normalized spacial score (nSPS) is 13.8. The van der Waals surface area contributed by atoms with Crippen LogP contribution in [0.2, 0.25) is 5.02 Å². The van der Waals surface area contributed by atoms with Crippen LogP contribution in [0, 0.1) is 0 Å². The van der Waals surface area contributed by atoms with Crippen LogP contribution in [0.3, 0.4) is 0 Å². The van der Waals surface area contributed by atoms with E-state index >= 15 is 0 Å². The molecule has 0 aromatic heterocycles. The molecule has 20 heavy (non-hydrogen) atoms. The van der Waals surface area contributed by atoms with Crippen molar-refractivity contribution in [1.29, 1.82) is 0 Å². The van der Waals surface area contributed by atoms with Gasteiger partial charge in [0.1, 0.15) is 0 Å². The van der Waals surface area contributed by atoms with Gasteiger partial charge in [-0.2, -0.15) is 0 Å². The van der Waals surface area contributed by atoms with Gasteiger partial charge in [0.05, 0.1) is 11.1 Å². The number of nitrogens with one attached hydrogen (secondary N) is 1. The van der Waals surface area contributed by atoms with Crippen molar-refractivity contribution in [3.05, 3.63) is 58.6 Å². The fourth-order valence-electron chi connectivity index (χ4n) is 2.86. The van der Waals surface area contributed by atoms with Gasteiger partial charge in [-0.05, 0) is 33.7 Å². The summed E-state index contributed by atoms with van der Waals surface area (Å²) in [5.74, 6) is -0.703. The van der Waals surface area contributed by atoms with Gasteiger partial charge < -0.3 is 0 Å². The Bertz CT molecular complexity index is 931. The molecule has 4 heteroatoms. The number of amides is 2. The molecule has 0 fully saturated rings. The second kappa shape index (κ2) is 3.81. The van der Waals surface area contributed by atoms with Gasteiger partial charge in [0.2, 0.25) is 0 Å². The van der Waals surface area contributed by atoms with E-state index in [1.54, 1.807) is 12.1 Å². The third-order valence-electron chi connectivity index (χ3n) is 3.67. The lowest BCUT2D eigenvalue weighted by molar-refractivity contribution is 0.0880. The summed E-state index contributed by atoms with van der Waals surface area (Å²) in [6.07, 6.45) is 0. The zero-order chi connectivity index (χ0) is 13.9. The standard InChI is InChI=1S/C16H8ClNO2/c17-8-5-6-10-9-3-1-2-4-11(9)13-14(12(10)7-8)16(20)18-15(13)19/h1-7H,(H,18,19,20). The quantitative estimate of drug-likeness (QED) is 0.506.